The first-order valence-corrected chi connectivity index (χ1v) is 6.15. The van der Waals surface area contributed by atoms with Crippen LogP contribution in [-0.4, -0.2) is 18.7 Å². The van der Waals surface area contributed by atoms with E-state index in [1.807, 2.05) is 37.3 Å². The highest BCUT2D eigenvalue weighted by molar-refractivity contribution is 5.46. The second-order valence-electron chi connectivity index (χ2n) is 4.36. The average molecular weight is 231 g/mol. The molecule has 0 bridgehead atoms. The zero-order valence-electron chi connectivity index (χ0n) is 10.9. The van der Waals surface area contributed by atoms with Crippen molar-refractivity contribution in [2.45, 2.75) is 33.4 Å². The number of hydrogen-bond acceptors (Lipinski definition) is 3. The highest BCUT2D eigenvalue weighted by atomic mass is 15.1. The number of nitrogens with one attached hydrogen (secondary N) is 1. The van der Waals surface area contributed by atoms with Crippen molar-refractivity contribution in [1.82, 2.24) is 0 Å². The van der Waals surface area contributed by atoms with Gasteiger partial charge in [0.25, 0.3) is 0 Å². The topological polar surface area (TPSA) is 36.8 Å². The van der Waals surface area contributed by atoms with E-state index in [2.05, 4.69) is 35.2 Å². The highest BCUT2D eigenvalue weighted by Crippen LogP contribution is 2.13. The van der Waals surface area contributed by atoms with E-state index in [4.69, 9.17) is 0 Å². The molecule has 0 radical (unpaired) electrons. The normalized spacial score (nSPS) is 11.8. The van der Waals surface area contributed by atoms with Crippen molar-refractivity contribution in [3.05, 3.63) is 30.3 Å². The Morgan fingerprint density at radius 2 is 1.94 bits per heavy atom. The summed E-state index contributed by atoms with van der Waals surface area (Å²) in [6, 6.07) is 12.9. The third-order valence-corrected chi connectivity index (χ3v) is 2.24. The lowest BCUT2D eigenvalue weighted by atomic mass is 10.1. The van der Waals surface area contributed by atoms with Crippen LogP contribution in [0.3, 0.4) is 0 Å². The largest absolute Gasteiger partial charge is 0.363 e. The fourth-order valence-electron chi connectivity index (χ4n) is 1.50. The van der Waals surface area contributed by atoms with E-state index in [9.17, 15) is 0 Å². The van der Waals surface area contributed by atoms with E-state index in [-0.39, 0.29) is 6.17 Å². The van der Waals surface area contributed by atoms with Gasteiger partial charge in [-0.2, -0.15) is 0 Å². The molecule has 0 aliphatic rings. The van der Waals surface area contributed by atoms with Gasteiger partial charge in [0.15, 0.2) is 0 Å². The van der Waals surface area contributed by atoms with Crippen LogP contribution in [0.5, 0.6) is 0 Å². The van der Waals surface area contributed by atoms with E-state index in [1.165, 1.54) is 0 Å². The molecular formula is C14H21N3. The number of para-hydroxylation sites is 1. The van der Waals surface area contributed by atoms with Gasteiger partial charge in [-0.25, -0.2) is 9.98 Å². The Morgan fingerprint density at radius 1 is 1.24 bits per heavy atom. The van der Waals surface area contributed by atoms with Gasteiger partial charge in [-0.3, -0.25) is 0 Å². The Kier molecular flexibility index (Phi) is 6.05. The monoisotopic (exact) mass is 231 g/mol. The Balaban J connectivity index is 2.67. The second-order valence-corrected chi connectivity index (χ2v) is 4.36. The minimum absolute atomic E-state index is 0.0488. The third kappa shape index (κ3) is 5.88. The average Bonchev–Trinajstić information content (AvgIpc) is 2.30. The van der Waals surface area contributed by atoms with Gasteiger partial charge < -0.3 is 5.32 Å². The Morgan fingerprint density at radius 3 is 2.53 bits per heavy atom. The first kappa shape index (κ1) is 13.5. The van der Waals surface area contributed by atoms with Crippen LogP contribution in [-0.2, 0) is 0 Å². The van der Waals surface area contributed by atoms with Crippen molar-refractivity contribution in [3.63, 3.8) is 0 Å². The van der Waals surface area contributed by atoms with Crippen LogP contribution in [0.15, 0.2) is 40.3 Å². The highest BCUT2D eigenvalue weighted by Gasteiger charge is 2.08. The molecule has 92 valence electrons. The zero-order valence-corrected chi connectivity index (χ0v) is 10.9. The quantitative estimate of drug-likeness (QED) is 0.745. The van der Waals surface area contributed by atoms with Gasteiger partial charge in [0, 0.05) is 12.2 Å². The number of anilines is 1. The molecule has 1 aromatic rings. The summed E-state index contributed by atoms with van der Waals surface area (Å²) in [5.74, 6) is 0.586. The molecule has 0 heterocycles. The fourth-order valence-corrected chi connectivity index (χ4v) is 1.50. The van der Waals surface area contributed by atoms with Gasteiger partial charge in [0.05, 0.1) is 6.01 Å². The van der Waals surface area contributed by atoms with Gasteiger partial charge >= 0.3 is 0 Å². The minimum Gasteiger partial charge on any atom is -0.363 e. The molecule has 17 heavy (non-hydrogen) atoms. The number of nitrogens with zero attached hydrogens (tertiary/aromatic N) is 2. The van der Waals surface area contributed by atoms with Gasteiger partial charge in [-0.05, 0) is 31.4 Å². The molecule has 3 heteroatoms. The van der Waals surface area contributed by atoms with Crippen molar-refractivity contribution in [2.75, 3.05) is 11.9 Å². The smallest absolute Gasteiger partial charge is 0.129 e. The molecule has 0 saturated carbocycles. The van der Waals surface area contributed by atoms with E-state index >= 15 is 0 Å². The summed E-state index contributed by atoms with van der Waals surface area (Å²) in [6.45, 7) is 7.08. The maximum Gasteiger partial charge on any atom is 0.129 e. The van der Waals surface area contributed by atoms with Crippen LogP contribution >= 0.6 is 0 Å². The first-order valence-electron chi connectivity index (χ1n) is 6.15. The molecule has 3 nitrogen and oxygen atoms in total. The Bertz CT molecular complexity index is 364. The molecule has 1 N–H and O–H groups in total. The molecule has 1 aromatic carbocycles. The van der Waals surface area contributed by atoms with Crippen LogP contribution in [0.1, 0.15) is 27.2 Å². The van der Waals surface area contributed by atoms with E-state index in [0.717, 1.165) is 18.7 Å². The lowest BCUT2D eigenvalue weighted by molar-refractivity contribution is 0.530. The lowest BCUT2D eigenvalue weighted by Gasteiger charge is -2.16. The molecule has 1 rings (SSSR count). The summed E-state index contributed by atoms with van der Waals surface area (Å²) in [4.78, 5) is 8.32. The number of aliphatic imine (C=N–C) groups is 2. The van der Waals surface area contributed by atoms with Crippen LogP contribution in [0.25, 0.3) is 0 Å². The van der Waals surface area contributed by atoms with Crippen LogP contribution in [0, 0.1) is 5.92 Å². The van der Waals surface area contributed by atoms with Crippen molar-refractivity contribution >= 4 is 11.7 Å². The summed E-state index contributed by atoms with van der Waals surface area (Å²) in [7, 11) is 0. The van der Waals surface area contributed by atoms with E-state index in [0.29, 0.717) is 5.92 Å². The van der Waals surface area contributed by atoms with Crippen molar-refractivity contribution in [1.29, 1.82) is 0 Å². The molecule has 0 aromatic heterocycles. The fraction of sp³-hybridized carbons (Fsp3) is 0.500. The van der Waals surface area contributed by atoms with Gasteiger partial charge in [-0.1, -0.05) is 32.0 Å². The third-order valence-electron chi connectivity index (χ3n) is 2.24. The minimum atomic E-state index is 0.0488. The SMILES string of the molecule is CCN=C=NC(CC(C)C)Nc1ccccc1. The number of rotatable bonds is 6. The van der Waals surface area contributed by atoms with Crippen LogP contribution in [0.2, 0.25) is 0 Å². The van der Waals surface area contributed by atoms with Gasteiger partial charge in [0.2, 0.25) is 0 Å². The molecule has 0 amide bonds. The zero-order chi connectivity index (χ0) is 12.5. The Labute approximate surface area is 104 Å². The molecule has 0 spiro atoms. The van der Waals surface area contributed by atoms with Crippen molar-refractivity contribution in [3.8, 4) is 0 Å². The lowest BCUT2D eigenvalue weighted by Crippen LogP contribution is -2.19. The molecule has 0 aliphatic carbocycles. The van der Waals surface area contributed by atoms with Crippen LogP contribution < -0.4 is 5.32 Å². The molecule has 0 fully saturated rings. The predicted octanol–water partition coefficient (Wildman–Crippen LogP) is 3.66. The number of hydrogen-bond donors (Lipinski definition) is 1. The standard InChI is InChI=1S/C14H21N3/c1-4-15-11-16-14(10-12(2)3)17-13-8-6-5-7-9-13/h5-9,12,14,17H,4,10H2,1-3H3. The molecular weight excluding hydrogens is 210 g/mol. The summed E-state index contributed by atoms with van der Waals surface area (Å²) in [6.07, 6.45) is 1.02. The van der Waals surface area contributed by atoms with Crippen molar-refractivity contribution < 1.29 is 0 Å². The maximum atomic E-state index is 4.32. The summed E-state index contributed by atoms with van der Waals surface area (Å²) in [5, 5.41) is 3.38. The van der Waals surface area contributed by atoms with E-state index in [1.54, 1.807) is 0 Å². The van der Waals surface area contributed by atoms with Crippen LogP contribution in [0.4, 0.5) is 5.69 Å². The summed E-state index contributed by atoms with van der Waals surface area (Å²) >= 11 is 0. The predicted molar refractivity (Wildman–Crippen MR) is 73.7 cm³/mol. The number of benzene rings is 1. The van der Waals surface area contributed by atoms with E-state index < -0.39 is 0 Å². The molecule has 1 atom stereocenters. The first-order chi connectivity index (χ1) is 8.22. The maximum absolute atomic E-state index is 4.32. The van der Waals surface area contributed by atoms with Crippen molar-refractivity contribution in [2.24, 2.45) is 15.9 Å². The van der Waals surface area contributed by atoms with Gasteiger partial charge in [-0.15, -0.1) is 0 Å². The molecule has 0 aliphatic heterocycles. The molecule has 0 saturated heterocycles. The van der Waals surface area contributed by atoms with Gasteiger partial charge in [0.1, 0.15) is 6.17 Å². The molecule has 1 unspecified atom stereocenters. The second kappa shape index (κ2) is 7.64. The summed E-state index contributed by atoms with van der Waals surface area (Å²) < 4.78 is 0. The Hall–Kier alpha value is -1.60. The summed E-state index contributed by atoms with van der Waals surface area (Å²) in [5.41, 5.74) is 1.08.